The smallest absolute Gasteiger partial charge is 0.0595 e. The average Bonchev–Trinajstić information content (AvgIpc) is 2.25. The van der Waals surface area contributed by atoms with E-state index in [0.717, 1.165) is 19.6 Å². The molecule has 1 heterocycles. The van der Waals surface area contributed by atoms with Gasteiger partial charge in [-0.25, -0.2) is 0 Å². The van der Waals surface area contributed by atoms with Crippen LogP contribution in [0.25, 0.3) is 0 Å². The quantitative estimate of drug-likeness (QED) is 0.763. The van der Waals surface area contributed by atoms with Crippen LogP contribution in [-0.4, -0.2) is 18.0 Å². The Bertz CT molecular complexity index is 332. The number of hydrogen-bond donors (Lipinski definition) is 0. The summed E-state index contributed by atoms with van der Waals surface area (Å²) in [4.78, 5) is 2.44. The molecule has 1 aromatic carbocycles. The van der Waals surface area contributed by atoms with E-state index in [1.54, 1.807) is 0 Å². The van der Waals surface area contributed by atoms with E-state index in [4.69, 9.17) is 23.2 Å². The summed E-state index contributed by atoms with van der Waals surface area (Å²) in [6.07, 6.45) is 4.74. The highest BCUT2D eigenvalue weighted by Gasteiger charge is 2.10. The molecule has 0 N–H and O–H groups in total. The molecule has 15 heavy (non-hydrogen) atoms. The van der Waals surface area contributed by atoms with E-state index in [9.17, 15) is 0 Å². The summed E-state index contributed by atoms with van der Waals surface area (Å²) in [5.74, 6) is 0. The Labute approximate surface area is 101 Å². The molecule has 0 atom stereocenters. The molecular weight excluding hydrogens is 229 g/mol. The van der Waals surface area contributed by atoms with Crippen LogP contribution in [0.2, 0.25) is 10.0 Å². The van der Waals surface area contributed by atoms with E-state index in [2.05, 4.69) is 11.3 Å². The van der Waals surface area contributed by atoms with E-state index in [1.165, 1.54) is 18.4 Å². The lowest BCUT2D eigenvalue weighted by Crippen LogP contribution is -2.29. The van der Waals surface area contributed by atoms with Gasteiger partial charge < -0.3 is 0 Å². The first-order chi connectivity index (χ1) is 7.25. The Morgan fingerprint density at radius 2 is 1.80 bits per heavy atom. The fourth-order valence-corrected chi connectivity index (χ4v) is 2.18. The maximum absolute atomic E-state index is 5.97. The highest BCUT2D eigenvalue weighted by Crippen LogP contribution is 2.23. The van der Waals surface area contributed by atoms with E-state index in [1.807, 2.05) is 18.2 Å². The predicted octanol–water partition coefficient (Wildman–Crippen LogP) is 3.79. The lowest BCUT2D eigenvalue weighted by molar-refractivity contribution is 0.246. The van der Waals surface area contributed by atoms with E-state index in [-0.39, 0.29) is 0 Å². The Kier molecular flexibility index (Phi) is 3.90. The van der Waals surface area contributed by atoms with Crippen molar-refractivity contribution in [3.63, 3.8) is 0 Å². The Morgan fingerprint density at radius 1 is 1.07 bits per heavy atom. The molecule has 81 valence electrons. The molecule has 1 aliphatic heterocycles. The molecule has 0 amide bonds. The number of benzene rings is 1. The zero-order valence-electron chi connectivity index (χ0n) is 8.55. The molecule has 1 saturated heterocycles. The standard InChI is InChI=1S/C12H14Cl2N/c13-11-5-4-10(8-12(11)14)9-15-6-2-1-3-7-15/h1,4-5,8H,2-3,6-7,9H2. The number of hydrogen-bond acceptors (Lipinski definition) is 1. The third-order valence-corrected chi connectivity index (χ3v) is 3.43. The topological polar surface area (TPSA) is 3.24 Å². The maximum Gasteiger partial charge on any atom is 0.0595 e. The molecule has 2 rings (SSSR count). The van der Waals surface area contributed by atoms with Gasteiger partial charge in [-0.05, 0) is 50.0 Å². The summed E-state index contributed by atoms with van der Waals surface area (Å²) in [7, 11) is 0. The monoisotopic (exact) mass is 242 g/mol. The fraction of sp³-hybridized carbons (Fsp3) is 0.417. The van der Waals surface area contributed by atoms with Crippen LogP contribution in [0, 0.1) is 6.42 Å². The van der Waals surface area contributed by atoms with Gasteiger partial charge in [0.2, 0.25) is 0 Å². The molecule has 1 aliphatic rings. The summed E-state index contributed by atoms with van der Waals surface area (Å²) in [5, 5.41) is 1.28. The molecule has 0 unspecified atom stereocenters. The summed E-state index contributed by atoms with van der Waals surface area (Å²) < 4.78 is 0. The predicted molar refractivity (Wildman–Crippen MR) is 65.3 cm³/mol. The summed E-state index contributed by atoms with van der Waals surface area (Å²) >= 11 is 11.8. The minimum absolute atomic E-state index is 0.632. The molecule has 0 spiro atoms. The van der Waals surface area contributed by atoms with Gasteiger partial charge in [0.25, 0.3) is 0 Å². The van der Waals surface area contributed by atoms with Gasteiger partial charge in [-0.1, -0.05) is 29.3 Å². The first-order valence-electron chi connectivity index (χ1n) is 5.23. The zero-order valence-corrected chi connectivity index (χ0v) is 10.1. The number of rotatable bonds is 2. The first kappa shape index (κ1) is 11.3. The molecule has 0 aromatic heterocycles. The van der Waals surface area contributed by atoms with Crippen LogP contribution in [0.15, 0.2) is 18.2 Å². The molecule has 3 heteroatoms. The number of piperidine rings is 1. The Hall–Kier alpha value is -0.240. The van der Waals surface area contributed by atoms with E-state index in [0.29, 0.717) is 10.0 Å². The summed E-state index contributed by atoms with van der Waals surface area (Å²) in [5.41, 5.74) is 1.24. The van der Waals surface area contributed by atoms with Crippen molar-refractivity contribution in [3.05, 3.63) is 40.2 Å². The van der Waals surface area contributed by atoms with Crippen LogP contribution in [0.5, 0.6) is 0 Å². The van der Waals surface area contributed by atoms with Crippen LogP contribution in [0.3, 0.4) is 0 Å². The van der Waals surface area contributed by atoms with Gasteiger partial charge in [-0.3, -0.25) is 4.90 Å². The molecule has 0 aliphatic carbocycles. The molecule has 0 saturated carbocycles. The van der Waals surface area contributed by atoms with Gasteiger partial charge in [0, 0.05) is 6.54 Å². The average molecular weight is 243 g/mol. The normalized spacial score (nSPS) is 18.0. The van der Waals surface area contributed by atoms with Crippen molar-refractivity contribution in [1.82, 2.24) is 4.90 Å². The lowest BCUT2D eigenvalue weighted by Gasteiger charge is -2.26. The summed E-state index contributed by atoms with van der Waals surface area (Å²) in [6.45, 7) is 3.28. The van der Waals surface area contributed by atoms with Crippen LogP contribution in [0.1, 0.15) is 18.4 Å². The number of nitrogens with zero attached hydrogens (tertiary/aromatic N) is 1. The van der Waals surface area contributed by atoms with Crippen molar-refractivity contribution in [2.75, 3.05) is 13.1 Å². The van der Waals surface area contributed by atoms with Gasteiger partial charge in [0.1, 0.15) is 0 Å². The van der Waals surface area contributed by atoms with Crippen LogP contribution in [0.4, 0.5) is 0 Å². The largest absolute Gasteiger partial charge is 0.299 e. The zero-order chi connectivity index (χ0) is 10.7. The van der Waals surface area contributed by atoms with E-state index >= 15 is 0 Å². The van der Waals surface area contributed by atoms with Crippen LogP contribution < -0.4 is 0 Å². The number of likely N-dealkylation sites (tertiary alicyclic amines) is 1. The maximum atomic E-state index is 5.97. The number of halogens is 2. The van der Waals surface area contributed by atoms with Gasteiger partial charge in [-0.15, -0.1) is 0 Å². The second-order valence-corrected chi connectivity index (χ2v) is 4.71. The highest BCUT2D eigenvalue weighted by molar-refractivity contribution is 6.42. The molecular formula is C12H14Cl2N. The molecule has 0 bridgehead atoms. The van der Waals surface area contributed by atoms with Crippen molar-refractivity contribution in [1.29, 1.82) is 0 Å². The highest BCUT2D eigenvalue weighted by atomic mass is 35.5. The van der Waals surface area contributed by atoms with Crippen molar-refractivity contribution in [2.45, 2.75) is 19.4 Å². The van der Waals surface area contributed by atoms with Crippen LogP contribution in [-0.2, 0) is 6.54 Å². The molecule has 1 radical (unpaired) electrons. The molecule has 1 nitrogen and oxygen atoms in total. The van der Waals surface area contributed by atoms with E-state index < -0.39 is 0 Å². The van der Waals surface area contributed by atoms with Gasteiger partial charge >= 0.3 is 0 Å². The molecule has 1 aromatic rings. The van der Waals surface area contributed by atoms with Gasteiger partial charge in [-0.2, -0.15) is 0 Å². The van der Waals surface area contributed by atoms with Crippen molar-refractivity contribution < 1.29 is 0 Å². The third kappa shape index (κ3) is 3.10. The minimum atomic E-state index is 0.632. The van der Waals surface area contributed by atoms with Crippen molar-refractivity contribution in [2.24, 2.45) is 0 Å². The van der Waals surface area contributed by atoms with Crippen molar-refractivity contribution in [3.8, 4) is 0 Å². The summed E-state index contributed by atoms with van der Waals surface area (Å²) in [6, 6.07) is 5.88. The SMILES string of the molecule is Clc1ccc(CN2CC[CH]CC2)cc1Cl. The van der Waals surface area contributed by atoms with Gasteiger partial charge in [0.05, 0.1) is 10.0 Å². The van der Waals surface area contributed by atoms with Crippen molar-refractivity contribution >= 4 is 23.2 Å². The first-order valence-corrected chi connectivity index (χ1v) is 5.99. The third-order valence-electron chi connectivity index (χ3n) is 2.69. The van der Waals surface area contributed by atoms with Crippen LogP contribution >= 0.6 is 23.2 Å². The fourth-order valence-electron chi connectivity index (χ4n) is 1.86. The molecule has 1 fully saturated rings. The lowest BCUT2D eigenvalue weighted by atomic mass is 10.1. The van der Waals surface area contributed by atoms with Gasteiger partial charge in [0.15, 0.2) is 0 Å². The Balaban J connectivity index is 2.00. The Morgan fingerprint density at radius 3 is 2.47 bits per heavy atom. The minimum Gasteiger partial charge on any atom is -0.299 e. The second-order valence-electron chi connectivity index (χ2n) is 3.89. The second kappa shape index (κ2) is 5.20.